The first-order valence-electron chi connectivity index (χ1n) is 6.17. The minimum absolute atomic E-state index is 0.380. The van der Waals surface area contributed by atoms with Gasteiger partial charge < -0.3 is 15.7 Å². The fraction of sp³-hybridized carbons (Fsp3) is 0.0714. The molecule has 0 amide bonds. The number of rotatable bonds is 2. The smallest absolute Gasteiger partial charge is 0.314 e. The van der Waals surface area contributed by atoms with Crippen LogP contribution in [0.3, 0.4) is 0 Å². The molecule has 21 heavy (non-hydrogen) atoms. The summed E-state index contributed by atoms with van der Waals surface area (Å²) < 4.78 is 0.842. The highest BCUT2D eigenvalue weighted by Gasteiger charge is 2.11. The second-order valence-corrected chi connectivity index (χ2v) is 5.54. The molecule has 4 N–H and O–H groups in total. The van der Waals surface area contributed by atoms with Gasteiger partial charge in [0.2, 0.25) is 0 Å². The van der Waals surface area contributed by atoms with Crippen LogP contribution < -0.4 is 16.9 Å². The summed E-state index contributed by atoms with van der Waals surface area (Å²) in [4.78, 5) is 31.8. The molecular formula is C14H11BrN4O2. The van der Waals surface area contributed by atoms with Crippen LogP contribution in [0.4, 0.5) is 0 Å². The van der Waals surface area contributed by atoms with E-state index in [1.165, 1.54) is 0 Å². The highest BCUT2D eigenvalue weighted by molar-refractivity contribution is 9.10. The summed E-state index contributed by atoms with van der Waals surface area (Å²) in [6, 6.07) is 6.78. The summed E-state index contributed by atoms with van der Waals surface area (Å²) in [7, 11) is 0. The number of H-pyrrole nitrogens is 2. The van der Waals surface area contributed by atoms with Gasteiger partial charge in [0, 0.05) is 16.9 Å². The molecule has 2 aromatic heterocycles. The highest BCUT2D eigenvalue weighted by atomic mass is 79.9. The van der Waals surface area contributed by atoms with Crippen molar-refractivity contribution in [1.82, 2.24) is 15.0 Å². The number of nitrogens with one attached hydrogen (secondary N) is 2. The van der Waals surface area contributed by atoms with Gasteiger partial charge in [-0.2, -0.15) is 0 Å². The molecule has 0 aliphatic heterocycles. The molecule has 6 nitrogen and oxygen atoms in total. The molecule has 0 aliphatic rings. The van der Waals surface area contributed by atoms with E-state index in [9.17, 15) is 9.59 Å². The number of aromatic nitrogens is 3. The van der Waals surface area contributed by atoms with Crippen molar-refractivity contribution in [3.63, 3.8) is 0 Å². The van der Waals surface area contributed by atoms with E-state index in [0.29, 0.717) is 11.0 Å². The number of nitrogens with zero attached hydrogens (tertiary/aromatic N) is 1. The van der Waals surface area contributed by atoms with Crippen molar-refractivity contribution < 1.29 is 0 Å². The lowest BCUT2D eigenvalue weighted by molar-refractivity contribution is 0.862. The van der Waals surface area contributed by atoms with Crippen molar-refractivity contribution >= 4 is 27.0 Å². The van der Waals surface area contributed by atoms with Crippen LogP contribution >= 0.6 is 15.9 Å². The summed E-state index contributed by atoms with van der Waals surface area (Å²) in [6.07, 6.45) is 3.37. The zero-order chi connectivity index (χ0) is 15.0. The average molecular weight is 347 g/mol. The Kier molecular flexibility index (Phi) is 3.44. The Morgan fingerprint density at radius 1 is 1.00 bits per heavy atom. The molecule has 1 unspecified atom stereocenters. The Balaban J connectivity index is 2.10. The van der Waals surface area contributed by atoms with Crippen molar-refractivity contribution in [2.75, 3.05) is 0 Å². The van der Waals surface area contributed by atoms with Crippen LogP contribution in [0.5, 0.6) is 0 Å². The summed E-state index contributed by atoms with van der Waals surface area (Å²) in [5, 5.41) is 0. The number of hydrogen-bond donors (Lipinski definition) is 3. The minimum atomic E-state index is -0.683. The number of nitrogens with two attached hydrogens (primary N) is 1. The standard InChI is InChI=1S/C14H11BrN4O2/c15-9-3-8(5-17-6-9)12(16)7-1-2-10-11(4-7)19-14(21)13(20)18-10/h1-6,12H,16H2,(H,18,20)(H,19,21). The van der Waals surface area contributed by atoms with Crippen molar-refractivity contribution in [2.45, 2.75) is 6.04 Å². The lowest BCUT2D eigenvalue weighted by atomic mass is 10.0. The van der Waals surface area contributed by atoms with Crippen LogP contribution in [0, 0.1) is 0 Å². The molecule has 0 saturated heterocycles. The predicted octanol–water partition coefficient (Wildman–Crippen LogP) is 1.42. The molecular weight excluding hydrogens is 336 g/mol. The molecule has 0 aliphatic carbocycles. The van der Waals surface area contributed by atoms with Gasteiger partial charge in [-0.3, -0.25) is 14.6 Å². The van der Waals surface area contributed by atoms with Crippen LogP contribution in [0.25, 0.3) is 11.0 Å². The lowest BCUT2D eigenvalue weighted by Gasteiger charge is -2.13. The number of halogens is 1. The van der Waals surface area contributed by atoms with E-state index < -0.39 is 11.1 Å². The third kappa shape index (κ3) is 2.65. The minimum Gasteiger partial charge on any atom is -0.320 e. The van der Waals surface area contributed by atoms with Crippen molar-refractivity contribution in [1.29, 1.82) is 0 Å². The van der Waals surface area contributed by atoms with E-state index in [-0.39, 0.29) is 6.04 Å². The Labute approximate surface area is 127 Å². The number of fused-ring (bicyclic) bond motifs is 1. The quantitative estimate of drug-likeness (QED) is 0.610. The van der Waals surface area contributed by atoms with E-state index in [0.717, 1.165) is 15.6 Å². The van der Waals surface area contributed by atoms with E-state index in [1.54, 1.807) is 24.5 Å². The zero-order valence-electron chi connectivity index (χ0n) is 10.8. The van der Waals surface area contributed by atoms with Crippen LogP contribution in [-0.4, -0.2) is 15.0 Å². The van der Waals surface area contributed by atoms with Gasteiger partial charge in [-0.25, -0.2) is 0 Å². The first kappa shape index (κ1) is 13.7. The summed E-state index contributed by atoms with van der Waals surface area (Å²) in [6.45, 7) is 0. The van der Waals surface area contributed by atoms with E-state index in [4.69, 9.17) is 5.73 Å². The lowest BCUT2D eigenvalue weighted by Crippen LogP contribution is -2.29. The molecule has 1 aromatic carbocycles. The fourth-order valence-corrected chi connectivity index (χ4v) is 2.50. The van der Waals surface area contributed by atoms with Gasteiger partial charge in [0.1, 0.15) is 0 Å². The maximum absolute atomic E-state index is 11.4. The first-order valence-corrected chi connectivity index (χ1v) is 6.96. The van der Waals surface area contributed by atoms with Gasteiger partial charge in [-0.15, -0.1) is 0 Å². The Hall–Kier alpha value is -2.25. The van der Waals surface area contributed by atoms with Gasteiger partial charge in [0.25, 0.3) is 0 Å². The molecule has 3 rings (SSSR count). The molecule has 0 fully saturated rings. The molecule has 106 valence electrons. The number of pyridine rings is 1. The number of hydrogen-bond acceptors (Lipinski definition) is 4. The van der Waals surface area contributed by atoms with Crippen LogP contribution in [-0.2, 0) is 0 Å². The molecule has 0 radical (unpaired) electrons. The Morgan fingerprint density at radius 2 is 1.71 bits per heavy atom. The number of aromatic amines is 2. The fourth-order valence-electron chi connectivity index (χ4n) is 2.12. The topological polar surface area (TPSA) is 105 Å². The second-order valence-electron chi connectivity index (χ2n) is 4.63. The Morgan fingerprint density at radius 3 is 2.43 bits per heavy atom. The molecule has 2 heterocycles. The second kappa shape index (κ2) is 5.27. The summed E-state index contributed by atoms with van der Waals surface area (Å²) >= 11 is 3.35. The molecule has 1 atom stereocenters. The van der Waals surface area contributed by atoms with Crippen LogP contribution in [0.15, 0.2) is 50.7 Å². The van der Waals surface area contributed by atoms with E-state index >= 15 is 0 Å². The zero-order valence-corrected chi connectivity index (χ0v) is 12.3. The maximum Gasteiger partial charge on any atom is 0.314 e. The molecule has 0 saturated carbocycles. The van der Waals surface area contributed by atoms with Gasteiger partial charge in [-0.05, 0) is 45.3 Å². The van der Waals surface area contributed by atoms with Gasteiger partial charge >= 0.3 is 11.1 Å². The van der Waals surface area contributed by atoms with E-state index in [1.807, 2.05) is 12.1 Å². The van der Waals surface area contributed by atoms with Crippen molar-refractivity contribution in [2.24, 2.45) is 5.73 Å². The van der Waals surface area contributed by atoms with Gasteiger partial charge in [-0.1, -0.05) is 6.07 Å². The largest absolute Gasteiger partial charge is 0.320 e. The predicted molar refractivity (Wildman–Crippen MR) is 83.2 cm³/mol. The molecule has 0 bridgehead atoms. The van der Waals surface area contributed by atoms with Crippen molar-refractivity contribution in [3.8, 4) is 0 Å². The first-order chi connectivity index (χ1) is 10.0. The third-order valence-corrected chi connectivity index (χ3v) is 3.62. The normalized spacial score (nSPS) is 12.5. The highest BCUT2D eigenvalue weighted by Crippen LogP contribution is 2.23. The summed E-state index contributed by atoms with van der Waals surface area (Å²) in [5.74, 6) is 0. The monoisotopic (exact) mass is 346 g/mol. The average Bonchev–Trinajstić information content (AvgIpc) is 2.47. The van der Waals surface area contributed by atoms with Crippen LogP contribution in [0.2, 0.25) is 0 Å². The maximum atomic E-state index is 11.4. The third-order valence-electron chi connectivity index (χ3n) is 3.19. The molecule has 7 heteroatoms. The van der Waals surface area contributed by atoms with E-state index in [2.05, 4.69) is 30.9 Å². The number of benzene rings is 1. The Bertz CT molecular complexity index is 932. The summed E-state index contributed by atoms with van der Waals surface area (Å²) in [5.41, 5.74) is 7.61. The van der Waals surface area contributed by atoms with Gasteiger partial charge in [0.05, 0.1) is 17.1 Å². The van der Waals surface area contributed by atoms with Crippen LogP contribution in [0.1, 0.15) is 17.2 Å². The van der Waals surface area contributed by atoms with Crippen molar-refractivity contribution in [3.05, 3.63) is 73.0 Å². The van der Waals surface area contributed by atoms with Gasteiger partial charge in [0.15, 0.2) is 0 Å². The molecule has 0 spiro atoms. The molecule has 3 aromatic rings. The SMILES string of the molecule is NC(c1cncc(Br)c1)c1ccc2[nH]c(=O)c(=O)[nH]c2c1.